The van der Waals surface area contributed by atoms with Crippen LogP contribution < -0.4 is 5.32 Å². The van der Waals surface area contributed by atoms with E-state index < -0.39 is 18.1 Å². The van der Waals surface area contributed by atoms with Crippen LogP contribution in [0, 0.1) is 5.92 Å². The molecular formula is C16H21NO4. The topological polar surface area (TPSA) is 75.6 Å². The molecular weight excluding hydrogens is 270 g/mol. The van der Waals surface area contributed by atoms with Gasteiger partial charge in [-0.3, -0.25) is 0 Å². The molecule has 5 heteroatoms. The van der Waals surface area contributed by atoms with Gasteiger partial charge in [-0.2, -0.15) is 0 Å². The van der Waals surface area contributed by atoms with E-state index in [1.54, 1.807) is 0 Å². The molecule has 5 nitrogen and oxygen atoms in total. The summed E-state index contributed by atoms with van der Waals surface area (Å²) in [5.41, 5.74) is 0.871. The number of carboxylic acids is 1. The van der Waals surface area contributed by atoms with Gasteiger partial charge in [-0.25, -0.2) is 9.59 Å². The van der Waals surface area contributed by atoms with Gasteiger partial charge in [-0.15, -0.1) is 0 Å². The second-order valence-electron chi connectivity index (χ2n) is 5.48. The zero-order valence-corrected chi connectivity index (χ0v) is 12.0. The van der Waals surface area contributed by atoms with Crippen molar-refractivity contribution in [1.82, 2.24) is 5.32 Å². The number of ether oxygens (including phenoxy) is 1. The Labute approximate surface area is 124 Å². The third kappa shape index (κ3) is 5.10. The Kier molecular flexibility index (Phi) is 5.60. The average Bonchev–Trinajstić information content (AvgIpc) is 2.98. The van der Waals surface area contributed by atoms with E-state index in [9.17, 15) is 14.7 Å². The maximum absolute atomic E-state index is 11.7. The average molecular weight is 291 g/mol. The predicted molar refractivity (Wildman–Crippen MR) is 77.8 cm³/mol. The maximum Gasteiger partial charge on any atom is 0.408 e. The number of nitrogens with one attached hydrogen (secondary N) is 1. The van der Waals surface area contributed by atoms with Gasteiger partial charge in [0.15, 0.2) is 0 Å². The molecule has 1 aromatic rings. The number of amides is 1. The molecule has 21 heavy (non-hydrogen) atoms. The predicted octanol–water partition coefficient (Wildman–Crippen LogP) is 2.95. The molecule has 0 aromatic heterocycles. The summed E-state index contributed by atoms with van der Waals surface area (Å²) in [6, 6.07) is 8.43. The Morgan fingerprint density at radius 1 is 1.24 bits per heavy atom. The Bertz CT molecular complexity index is 468. The number of carbonyl (C=O) groups excluding carboxylic acids is 1. The second kappa shape index (κ2) is 7.67. The molecule has 1 aliphatic carbocycles. The van der Waals surface area contributed by atoms with Crippen LogP contribution in [-0.2, 0) is 16.1 Å². The molecule has 0 saturated heterocycles. The molecule has 0 heterocycles. The number of hydrogen-bond donors (Lipinski definition) is 2. The van der Waals surface area contributed by atoms with Gasteiger partial charge in [-0.1, -0.05) is 56.0 Å². The highest BCUT2D eigenvalue weighted by Crippen LogP contribution is 2.28. The lowest BCUT2D eigenvalue weighted by Crippen LogP contribution is -2.42. The number of hydrogen-bond acceptors (Lipinski definition) is 3. The van der Waals surface area contributed by atoms with Gasteiger partial charge >= 0.3 is 12.1 Å². The van der Waals surface area contributed by atoms with Crippen LogP contribution in [0.15, 0.2) is 30.3 Å². The quantitative estimate of drug-likeness (QED) is 0.845. The maximum atomic E-state index is 11.7. The van der Waals surface area contributed by atoms with Crippen LogP contribution in [0.4, 0.5) is 4.79 Å². The van der Waals surface area contributed by atoms with E-state index in [2.05, 4.69) is 5.32 Å². The van der Waals surface area contributed by atoms with Crippen LogP contribution in [0.25, 0.3) is 0 Å². The monoisotopic (exact) mass is 291 g/mol. The summed E-state index contributed by atoms with van der Waals surface area (Å²) in [4.78, 5) is 22.9. The smallest absolute Gasteiger partial charge is 0.408 e. The van der Waals surface area contributed by atoms with E-state index in [4.69, 9.17) is 4.74 Å². The molecule has 1 unspecified atom stereocenters. The minimum absolute atomic E-state index is 0.141. The van der Waals surface area contributed by atoms with Crippen molar-refractivity contribution < 1.29 is 19.4 Å². The highest BCUT2D eigenvalue weighted by Gasteiger charge is 2.26. The van der Waals surface area contributed by atoms with Crippen LogP contribution in [0.5, 0.6) is 0 Å². The van der Waals surface area contributed by atoms with Crippen molar-refractivity contribution in [1.29, 1.82) is 0 Å². The molecule has 1 atom stereocenters. The summed E-state index contributed by atoms with van der Waals surface area (Å²) in [6.45, 7) is 0.141. The molecule has 0 aliphatic heterocycles. The summed E-state index contributed by atoms with van der Waals surface area (Å²) in [5.74, 6) is -0.612. The number of carboxylic acid groups (broad SMARTS) is 1. The molecule has 0 spiro atoms. The Balaban J connectivity index is 1.79. The SMILES string of the molecule is O=C(NC(CC1CCCC1)C(=O)O)OCc1ccccc1. The van der Waals surface area contributed by atoms with E-state index in [0.29, 0.717) is 12.3 Å². The molecule has 2 N–H and O–H groups in total. The first-order chi connectivity index (χ1) is 10.1. The van der Waals surface area contributed by atoms with Gasteiger partial charge < -0.3 is 15.2 Å². The summed E-state index contributed by atoms with van der Waals surface area (Å²) in [7, 11) is 0. The highest BCUT2D eigenvalue weighted by molar-refractivity contribution is 5.79. The van der Waals surface area contributed by atoms with Crippen LogP contribution >= 0.6 is 0 Å². The molecule has 0 bridgehead atoms. The number of aliphatic carboxylic acids is 1. The van der Waals surface area contributed by atoms with Gasteiger partial charge in [0, 0.05) is 0 Å². The zero-order chi connectivity index (χ0) is 15.1. The van der Waals surface area contributed by atoms with Crippen molar-refractivity contribution in [3.8, 4) is 0 Å². The van der Waals surface area contributed by atoms with Crippen molar-refractivity contribution in [3.05, 3.63) is 35.9 Å². The molecule has 2 rings (SSSR count). The van der Waals surface area contributed by atoms with E-state index in [1.807, 2.05) is 30.3 Å². The first-order valence-corrected chi connectivity index (χ1v) is 7.35. The molecule has 1 amide bonds. The van der Waals surface area contributed by atoms with Crippen LogP contribution in [0.2, 0.25) is 0 Å². The Morgan fingerprint density at radius 3 is 2.52 bits per heavy atom. The normalized spacial score (nSPS) is 16.4. The third-order valence-electron chi connectivity index (χ3n) is 3.85. The van der Waals surface area contributed by atoms with Gasteiger partial charge in [0.25, 0.3) is 0 Å². The van der Waals surface area contributed by atoms with Crippen molar-refractivity contribution >= 4 is 12.1 Å². The largest absolute Gasteiger partial charge is 0.480 e. The lowest BCUT2D eigenvalue weighted by molar-refractivity contribution is -0.139. The molecule has 1 saturated carbocycles. The lowest BCUT2D eigenvalue weighted by atomic mass is 9.98. The molecule has 1 fully saturated rings. The third-order valence-corrected chi connectivity index (χ3v) is 3.85. The van der Waals surface area contributed by atoms with Gasteiger partial charge in [0.1, 0.15) is 12.6 Å². The van der Waals surface area contributed by atoms with E-state index in [1.165, 1.54) is 0 Å². The number of benzene rings is 1. The lowest BCUT2D eigenvalue weighted by Gasteiger charge is -2.18. The Morgan fingerprint density at radius 2 is 1.90 bits per heavy atom. The highest BCUT2D eigenvalue weighted by atomic mass is 16.5. The molecule has 114 valence electrons. The molecule has 0 radical (unpaired) electrons. The fourth-order valence-corrected chi connectivity index (χ4v) is 2.71. The summed E-state index contributed by atoms with van der Waals surface area (Å²) < 4.78 is 5.06. The second-order valence-corrected chi connectivity index (χ2v) is 5.48. The van der Waals surface area contributed by atoms with Crippen molar-refractivity contribution in [2.45, 2.75) is 44.8 Å². The first-order valence-electron chi connectivity index (χ1n) is 7.35. The standard InChI is InChI=1S/C16H21NO4/c18-15(19)14(10-12-6-4-5-7-12)17-16(20)21-11-13-8-2-1-3-9-13/h1-3,8-9,12,14H,4-7,10-11H2,(H,17,20)(H,18,19). The van der Waals surface area contributed by atoms with E-state index >= 15 is 0 Å². The van der Waals surface area contributed by atoms with Gasteiger partial charge in [0.2, 0.25) is 0 Å². The van der Waals surface area contributed by atoms with E-state index in [-0.39, 0.29) is 6.61 Å². The summed E-state index contributed by atoms with van der Waals surface area (Å²) in [5, 5.41) is 11.7. The van der Waals surface area contributed by atoms with Crippen molar-refractivity contribution in [2.24, 2.45) is 5.92 Å². The minimum Gasteiger partial charge on any atom is -0.480 e. The summed E-state index contributed by atoms with van der Waals surface area (Å²) >= 11 is 0. The van der Waals surface area contributed by atoms with Gasteiger partial charge in [0.05, 0.1) is 0 Å². The van der Waals surface area contributed by atoms with E-state index in [0.717, 1.165) is 31.2 Å². The number of alkyl carbamates (subject to hydrolysis) is 1. The number of rotatable bonds is 6. The molecule has 1 aromatic carbocycles. The fourth-order valence-electron chi connectivity index (χ4n) is 2.71. The van der Waals surface area contributed by atoms with Crippen molar-refractivity contribution in [3.63, 3.8) is 0 Å². The minimum atomic E-state index is -1.00. The zero-order valence-electron chi connectivity index (χ0n) is 12.0. The Hall–Kier alpha value is -2.04. The van der Waals surface area contributed by atoms with Crippen molar-refractivity contribution in [2.75, 3.05) is 0 Å². The number of carbonyl (C=O) groups is 2. The van der Waals surface area contributed by atoms with Crippen LogP contribution in [0.3, 0.4) is 0 Å². The first kappa shape index (κ1) is 15.4. The molecule has 1 aliphatic rings. The van der Waals surface area contributed by atoms with Crippen LogP contribution in [-0.4, -0.2) is 23.2 Å². The van der Waals surface area contributed by atoms with Crippen LogP contribution in [0.1, 0.15) is 37.7 Å². The van der Waals surface area contributed by atoms with Gasteiger partial charge in [-0.05, 0) is 17.9 Å². The fraction of sp³-hybridized carbons (Fsp3) is 0.500. The summed E-state index contributed by atoms with van der Waals surface area (Å²) in [6.07, 6.45) is 4.19.